The highest BCUT2D eigenvalue weighted by Crippen LogP contribution is 2.35. The van der Waals surface area contributed by atoms with Gasteiger partial charge >= 0.3 is 0 Å². The van der Waals surface area contributed by atoms with Crippen molar-refractivity contribution < 1.29 is 5.11 Å². The molecule has 1 N–H and O–H groups in total. The zero-order valence-corrected chi connectivity index (χ0v) is 11.9. The molecule has 0 amide bonds. The lowest BCUT2D eigenvalue weighted by Crippen LogP contribution is -2.12. The van der Waals surface area contributed by atoms with E-state index in [1.807, 2.05) is 17.4 Å². The first-order valence-corrected chi connectivity index (χ1v) is 8.01. The molecule has 19 heavy (non-hydrogen) atoms. The molecule has 2 unspecified atom stereocenters. The highest BCUT2D eigenvalue weighted by Gasteiger charge is 2.25. The molecule has 0 saturated heterocycles. The van der Waals surface area contributed by atoms with Gasteiger partial charge in [-0.3, -0.25) is 0 Å². The average molecular weight is 272 g/mol. The van der Waals surface area contributed by atoms with Crippen LogP contribution in [0, 0.1) is 5.92 Å². The molecule has 0 radical (unpaired) electrons. The molecule has 0 bridgehead atoms. The van der Waals surface area contributed by atoms with E-state index < -0.39 is 0 Å². The summed E-state index contributed by atoms with van der Waals surface area (Å²) in [6, 6.07) is 12.7. The first-order valence-electron chi connectivity index (χ1n) is 7.13. The Hall–Kier alpha value is -1.12. The van der Waals surface area contributed by atoms with Gasteiger partial charge in [-0.25, -0.2) is 0 Å². The Labute approximate surface area is 118 Å². The summed E-state index contributed by atoms with van der Waals surface area (Å²) in [6.07, 6.45) is 5.36. The van der Waals surface area contributed by atoms with Gasteiger partial charge in [0.05, 0.1) is 6.10 Å². The smallest absolute Gasteiger partial charge is 0.0820 e. The summed E-state index contributed by atoms with van der Waals surface area (Å²) in [7, 11) is 0. The maximum atomic E-state index is 10.6. The van der Waals surface area contributed by atoms with E-state index in [1.54, 1.807) is 0 Å². The molecule has 3 rings (SSSR count). The molecule has 2 heteroatoms. The van der Waals surface area contributed by atoms with Crippen LogP contribution < -0.4 is 0 Å². The molecule has 1 aromatic carbocycles. The average Bonchev–Trinajstić information content (AvgIpc) is 2.90. The van der Waals surface area contributed by atoms with Crippen molar-refractivity contribution in [1.82, 2.24) is 0 Å². The van der Waals surface area contributed by atoms with Crippen molar-refractivity contribution in [2.45, 2.75) is 38.2 Å². The second-order valence-corrected chi connectivity index (χ2v) is 6.45. The van der Waals surface area contributed by atoms with Crippen LogP contribution in [0.4, 0.5) is 0 Å². The van der Waals surface area contributed by atoms with E-state index in [2.05, 4.69) is 35.7 Å². The zero-order valence-electron chi connectivity index (χ0n) is 11.1. The van der Waals surface area contributed by atoms with Crippen LogP contribution in [0.3, 0.4) is 0 Å². The molecule has 1 aromatic heterocycles. The largest absolute Gasteiger partial charge is 0.388 e. The summed E-state index contributed by atoms with van der Waals surface area (Å²) in [5.74, 6) is 0.408. The van der Waals surface area contributed by atoms with Gasteiger partial charge in [0.15, 0.2) is 0 Å². The highest BCUT2D eigenvalue weighted by molar-refractivity contribution is 7.09. The Bertz CT molecular complexity index is 518. The van der Waals surface area contributed by atoms with Gasteiger partial charge in [-0.2, -0.15) is 0 Å². The van der Waals surface area contributed by atoms with E-state index in [1.165, 1.54) is 16.9 Å². The number of aliphatic hydroxyl groups excluding tert-OH is 1. The highest BCUT2D eigenvalue weighted by atomic mass is 32.1. The summed E-state index contributed by atoms with van der Waals surface area (Å²) in [4.78, 5) is 1.43. The van der Waals surface area contributed by atoms with Gasteiger partial charge in [-0.05, 0) is 60.6 Å². The summed E-state index contributed by atoms with van der Waals surface area (Å²) < 4.78 is 0. The van der Waals surface area contributed by atoms with Gasteiger partial charge in [0.2, 0.25) is 0 Å². The van der Waals surface area contributed by atoms with E-state index in [9.17, 15) is 5.11 Å². The summed E-state index contributed by atoms with van der Waals surface area (Å²) in [5.41, 5.74) is 2.50. The molecule has 0 aliphatic heterocycles. The van der Waals surface area contributed by atoms with Crippen molar-refractivity contribution in [3.05, 3.63) is 57.8 Å². The fraction of sp³-hybridized carbons (Fsp3) is 0.412. The first kappa shape index (κ1) is 12.9. The van der Waals surface area contributed by atoms with Crippen LogP contribution in [0.15, 0.2) is 41.8 Å². The van der Waals surface area contributed by atoms with Crippen LogP contribution in [-0.4, -0.2) is 5.11 Å². The lowest BCUT2D eigenvalue weighted by molar-refractivity contribution is 0.100. The number of hydrogen-bond acceptors (Lipinski definition) is 2. The summed E-state index contributed by atoms with van der Waals surface area (Å²) in [5, 5.41) is 12.8. The Balaban J connectivity index is 1.72. The molecule has 0 saturated carbocycles. The number of thiophene rings is 1. The van der Waals surface area contributed by atoms with Gasteiger partial charge in [-0.1, -0.05) is 30.3 Å². The van der Waals surface area contributed by atoms with E-state index in [4.69, 9.17) is 0 Å². The van der Waals surface area contributed by atoms with Crippen LogP contribution in [0.5, 0.6) is 0 Å². The molecule has 2 atom stereocenters. The van der Waals surface area contributed by atoms with Gasteiger partial charge in [0.1, 0.15) is 0 Å². The second-order valence-electron chi connectivity index (χ2n) is 5.41. The Morgan fingerprint density at radius 2 is 2.05 bits per heavy atom. The molecule has 0 spiro atoms. The van der Waals surface area contributed by atoms with Gasteiger partial charge in [0.25, 0.3) is 0 Å². The van der Waals surface area contributed by atoms with E-state index >= 15 is 0 Å². The molecule has 1 nitrogen and oxygen atoms in total. The fourth-order valence-electron chi connectivity index (χ4n) is 3.10. The first-order chi connectivity index (χ1) is 9.34. The molecule has 2 aromatic rings. The van der Waals surface area contributed by atoms with Crippen molar-refractivity contribution in [1.29, 1.82) is 0 Å². The van der Waals surface area contributed by atoms with Crippen molar-refractivity contribution >= 4 is 11.3 Å². The molecule has 1 aliphatic carbocycles. The Morgan fingerprint density at radius 1 is 1.16 bits per heavy atom. The number of aliphatic hydroxyl groups is 1. The fourth-order valence-corrected chi connectivity index (χ4v) is 3.83. The molecular formula is C17H20OS. The zero-order chi connectivity index (χ0) is 13.1. The van der Waals surface area contributed by atoms with Crippen molar-refractivity contribution in [3.8, 4) is 0 Å². The molecule has 0 fully saturated rings. The maximum absolute atomic E-state index is 10.6. The third kappa shape index (κ3) is 2.90. The van der Waals surface area contributed by atoms with Gasteiger partial charge in [-0.15, -0.1) is 11.3 Å². The molecule has 1 heterocycles. The lowest BCUT2D eigenvalue weighted by atomic mass is 9.89. The van der Waals surface area contributed by atoms with Crippen molar-refractivity contribution in [2.75, 3.05) is 0 Å². The van der Waals surface area contributed by atoms with Crippen LogP contribution in [0.1, 0.15) is 41.4 Å². The van der Waals surface area contributed by atoms with Gasteiger partial charge < -0.3 is 5.11 Å². The number of hydrogen-bond donors (Lipinski definition) is 1. The standard InChI is InChI=1S/C17H20OS/c18-17-14(10-11-15-8-4-12-19-15)7-3-6-13-5-1-2-9-16(13)17/h1-2,4-5,8-9,12,14,17-18H,3,6-7,10-11H2. The van der Waals surface area contributed by atoms with E-state index in [-0.39, 0.29) is 6.10 Å². The molecule has 1 aliphatic rings. The van der Waals surface area contributed by atoms with Crippen LogP contribution in [0.25, 0.3) is 0 Å². The van der Waals surface area contributed by atoms with Crippen LogP contribution in [0.2, 0.25) is 0 Å². The Kier molecular flexibility index (Phi) is 4.00. The molecule has 100 valence electrons. The Morgan fingerprint density at radius 3 is 2.89 bits per heavy atom. The lowest BCUT2D eigenvalue weighted by Gasteiger charge is -2.21. The third-order valence-corrected chi connectivity index (χ3v) is 5.12. The van der Waals surface area contributed by atoms with Crippen molar-refractivity contribution in [2.24, 2.45) is 5.92 Å². The maximum Gasteiger partial charge on any atom is 0.0820 e. The minimum Gasteiger partial charge on any atom is -0.388 e. The second kappa shape index (κ2) is 5.89. The summed E-state index contributed by atoms with van der Waals surface area (Å²) >= 11 is 1.82. The predicted octanol–water partition coefficient (Wildman–Crippen LogP) is 4.37. The summed E-state index contributed by atoms with van der Waals surface area (Å²) in [6.45, 7) is 0. The number of rotatable bonds is 3. The minimum absolute atomic E-state index is 0.279. The van der Waals surface area contributed by atoms with Crippen LogP contribution in [-0.2, 0) is 12.8 Å². The SMILES string of the molecule is OC1c2ccccc2CCCC1CCc1cccs1. The quantitative estimate of drug-likeness (QED) is 0.823. The van der Waals surface area contributed by atoms with E-state index in [0.717, 1.165) is 31.2 Å². The topological polar surface area (TPSA) is 20.2 Å². The molecular weight excluding hydrogens is 252 g/mol. The van der Waals surface area contributed by atoms with Crippen molar-refractivity contribution in [3.63, 3.8) is 0 Å². The monoisotopic (exact) mass is 272 g/mol. The number of aryl methyl sites for hydroxylation is 2. The normalized spacial score (nSPS) is 22.8. The number of fused-ring (bicyclic) bond motifs is 1. The predicted molar refractivity (Wildman–Crippen MR) is 80.5 cm³/mol. The third-order valence-electron chi connectivity index (χ3n) is 4.18. The minimum atomic E-state index is -0.279. The van der Waals surface area contributed by atoms with Gasteiger partial charge in [0, 0.05) is 4.88 Å². The number of benzene rings is 1. The van der Waals surface area contributed by atoms with Crippen LogP contribution >= 0.6 is 11.3 Å². The van der Waals surface area contributed by atoms with E-state index in [0.29, 0.717) is 5.92 Å².